The summed E-state index contributed by atoms with van der Waals surface area (Å²) in [6.07, 6.45) is 5.10. The minimum atomic E-state index is 0.554. The molecular weight excluding hydrogens is 252 g/mol. The molecule has 0 atom stereocenters. The van der Waals surface area contributed by atoms with Gasteiger partial charge in [-0.3, -0.25) is 0 Å². The molecule has 2 rings (SSSR count). The van der Waals surface area contributed by atoms with E-state index >= 15 is 0 Å². The zero-order valence-corrected chi connectivity index (χ0v) is 12.8. The highest BCUT2D eigenvalue weighted by molar-refractivity contribution is 7.80. The highest BCUT2D eigenvalue weighted by atomic mass is 32.1. The third-order valence-corrected chi connectivity index (χ3v) is 5.00. The first-order valence-electron chi connectivity index (χ1n) is 7.30. The van der Waals surface area contributed by atoms with E-state index in [-0.39, 0.29) is 0 Å². The number of thiocarbonyl (C=S) groups is 1. The van der Waals surface area contributed by atoms with Gasteiger partial charge in [0.2, 0.25) is 0 Å². The summed E-state index contributed by atoms with van der Waals surface area (Å²) in [5.74, 6) is 0. The Hall–Kier alpha value is -1.09. The number of nitrogens with zero attached hydrogens (tertiary/aromatic N) is 1. The lowest BCUT2D eigenvalue weighted by Crippen LogP contribution is -2.44. The van der Waals surface area contributed by atoms with E-state index in [4.69, 9.17) is 12.2 Å². The molecule has 1 aliphatic rings. The van der Waals surface area contributed by atoms with E-state index in [0.29, 0.717) is 5.41 Å². The molecule has 104 valence electrons. The molecule has 1 aromatic carbocycles. The van der Waals surface area contributed by atoms with Gasteiger partial charge < -0.3 is 10.2 Å². The maximum absolute atomic E-state index is 5.52. The smallest absolute Gasteiger partial charge is 0.173 e. The van der Waals surface area contributed by atoms with Gasteiger partial charge in [0.15, 0.2) is 5.11 Å². The molecule has 0 aliphatic carbocycles. The average molecular weight is 276 g/mol. The fourth-order valence-electron chi connectivity index (χ4n) is 2.87. The first-order chi connectivity index (χ1) is 9.19. The van der Waals surface area contributed by atoms with E-state index in [1.165, 1.54) is 25.7 Å². The maximum Gasteiger partial charge on any atom is 0.173 e. The highest BCUT2D eigenvalue weighted by Gasteiger charge is 2.31. The van der Waals surface area contributed by atoms with Gasteiger partial charge in [-0.15, -0.1) is 0 Å². The normalized spacial score (nSPS) is 18.1. The van der Waals surface area contributed by atoms with E-state index in [1.807, 2.05) is 18.2 Å². The van der Waals surface area contributed by atoms with Gasteiger partial charge >= 0.3 is 0 Å². The molecule has 2 nitrogen and oxygen atoms in total. The zero-order valence-electron chi connectivity index (χ0n) is 12.0. The van der Waals surface area contributed by atoms with Crippen LogP contribution in [-0.2, 0) is 0 Å². The van der Waals surface area contributed by atoms with Crippen LogP contribution in [0, 0.1) is 5.41 Å². The number of para-hydroxylation sites is 1. The second-order valence-electron chi connectivity index (χ2n) is 5.49. The third kappa shape index (κ3) is 3.47. The Morgan fingerprint density at radius 2 is 1.74 bits per heavy atom. The molecule has 1 aliphatic heterocycles. The van der Waals surface area contributed by atoms with Crippen molar-refractivity contribution in [1.82, 2.24) is 4.90 Å². The first kappa shape index (κ1) is 14.3. The lowest BCUT2D eigenvalue weighted by atomic mass is 9.74. The number of piperidine rings is 1. The lowest BCUT2D eigenvalue weighted by molar-refractivity contribution is 0.137. The van der Waals surface area contributed by atoms with E-state index in [9.17, 15) is 0 Å². The van der Waals surface area contributed by atoms with Crippen molar-refractivity contribution in [1.29, 1.82) is 0 Å². The molecule has 3 heteroatoms. The van der Waals surface area contributed by atoms with Crippen LogP contribution in [0.2, 0.25) is 0 Å². The van der Waals surface area contributed by atoms with Crippen molar-refractivity contribution in [2.24, 2.45) is 5.41 Å². The van der Waals surface area contributed by atoms with Gasteiger partial charge in [0.05, 0.1) is 0 Å². The Bertz CT molecular complexity index is 402. The molecule has 0 aromatic heterocycles. The van der Waals surface area contributed by atoms with E-state index in [0.717, 1.165) is 23.9 Å². The first-order valence-corrected chi connectivity index (χ1v) is 7.71. The van der Waals surface area contributed by atoms with Crippen LogP contribution in [-0.4, -0.2) is 23.1 Å². The van der Waals surface area contributed by atoms with Crippen LogP contribution in [0.4, 0.5) is 5.69 Å². The maximum atomic E-state index is 5.52. The number of anilines is 1. The molecule has 1 heterocycles. The predicted molar refractivity (Wildman–Crippen MR) is 86.5 cm³/mol. The topological polar surface area (TPSA) is 15.3 Å². The van der Waals surface area contributed by atoms with Crippen LogP contribution in [0.25, 0.3) is 0 Å². The molecule has 1 saturated heterocycles. The molecule has 1 aromatic rings. The Labute approximate surface area is 122 Å². The molecule has 0 amide bonds. The predicted octanol–water partition coefficient (Wildman–Crippen LogP) is 4.29. The van der Waals surface area contributed by atoms with Crippen molar-refractivity contribution in [2.45, 2.75) is 39.5 Å². The molecule has 0 spiro atoms. The zero-order chi connectivity index (χ0) is 13.7. The summed E-state index contributed by atoms with van der Waals surface area (Å²) >= 11 is 5.52. The van der Waals surface area contributed by atoms with E-state index < -0.39 is 0 Å². The Morgan fingerprint density at radius 1 is 1.16 bits per heavy atom. The number of nitrogens with one attached hydrogen (secondary N) is 1. The van der Waals surface area contributed by atoms with Gasteiger partial charge in [0, 0.05) is 18.8 Å². The lowest BCUT2D eigenvalue weighted by Gasteiger charge is -2.42. The summed E-state index contributed by atoms with van der Waals surface area (Å²) < 4.78 is 0. The number of benzene rings is 1. The van der Waals surface area contributed by atoms with Crippen LogP contribution < -0.4 is 5.32 Å². The third-order valence-electron chi connectivity index (χ3n) is 4.64. The fourth-order valence-corrected chi connectivity index (χ4v) is 3.17. The van der Waals surface area contributed by atoms with Gasteiger partial charge in [0.25, 0.3) is 0 Å². The van der Waals surface area contributed by atoms with E-state index in [1.54, 1.807) is 0 Å². The van der Waals surface area contributed by atoms with Gasteiger partial charge in [-0.05, 0) is 42.6 Å². The minimum Gasteiger partial charge on any atom is -0.349 e. The summed E-state index contributed by atoms with van der Waals surface area (Å²) in [5.41, 5.74) is 1.63. The molecule has 0 saturated carbocycles. The summed E-state index contributed by atoms with van der Waals surface area (Å²) in [6.45, 7) is 6.81. The SMILES string of the molecule is CCC1(CC)CCN(C(=S)Nc2ccccc2)CC1. The Kier molecular flexibility index (Phi) is 4.81. The van der Waals surface area contributed by atoms with Crippen molar-refractivity contribution >= 4 is 23.0 Å². The standard InChI is InChI=1S/C16H24N2S/c1-3-16(4-2)10-12-18(13-11-16)15(19)17-14-8-6-5-7-9-14/h5-9H,3-4,10-13H2,1-2H3,(H,17,19). The summed E-state index contributed by atoms with van der Waals surface area (Å²) in [6, 6.07) is 10.2. The Balaban J connectivity index is 1.89. The van der Waals surface area contributed by atoms with Crippen molar-refractivity contribution < 1.29 is 0 Å². The molecule has 0 unspecified atom stereocenters. The van der Waals surface area contributed by atoms with Crippen molar-refractivity contribution in [2.75, 3.05) is 18.4 Å². The highest BCUT2D eigenvalue weighted by Crippen LogP contribution is 2.37. The molecule has 0 bridgehead atoms. The summed E-state index contributed by atoms with van der Waals surface area (Å²) in [4.78, 5) is 2.31. The molecular formula is C16H24N2S. The monoisotopic (exact) mass is 276 g/mol. The molecule has 0 radical (unpaired) electrons. The number of hydrogen-bond acceptors (Lipinski definition) is 1. The number of hydrogen-bond donors (Lipinski definition) is 1. The average Bonchev–Trinajstić information content (AvgIpc) is 2.48. The van der Waals surface area contributed by atoms with E-state index in [2.05, 4.69) is 36.2 Å². The van der Waals surface area contributed by atoms with Gasteiger partial charge in [-0.2, -0.15) is 0 Å². The molecule has 1 N–H and O–H groups in total. The minimum absolute atomic E-state index is 0.554. The largest absolute Gasteiger partial charge is 0.349 e. The Morgan fingerprint density at radius 3 is 2.26 bits per heavy atom. The van der Waals surface area contributed by atoms with Crippen LogP contribution in [0.15, 0.2) is 30.3 Å². The van der Waals surface area contributed by atoms with Crippen molar-refractivity contribution in [3.05, 3.63) is 30.3 Å². The van der Waals surface area contributed by atoms with Crippen LogP contribution in [0.3, 0.4) is 0 Å². The van der Waals surface area contributed by atoms with Gasteiger partial charge in [-0.25, -0.2) is 0 Å². The molecule has 19 heavy (non-hydrogen) atoms. The number of likely N-dealkylation sites (tertiary alicyclic amines) is 1. The van der Waals surface area contributed by atoms with Crippen molar-refractivity contribution in [3.8, 4) is 0 Å². The van der Waals surface area contributed by atoms with Crippen molar-refractivity contribution in [3.63, 3.8) is 0 Å². The fraction of sp³-hybridized carbons (Fsp3) is 0.562. The van der Waals surface area contributed by atoms with Crippen LogP contribution in [0.5, 0.6) is 0 Å². The van der Waals surface area contributed by atoms with Gasteiger partial charge in [-0.1, -0.05) is 44.9 Å². The molecule has 1 fully saturated rings. The van der Waals surface area contributed by atoms with Gasteiger partial charge in [0.1, 0.15) is 0 Å². The van der Waals surface area contributed by atoms with Crippen LogP contribution >= 0.6 is 12.2 Å². The summed E-state index contributed by atoms with van der Waals surface area (Å²) in [5, 5.41) is 4.20. The second-order valence-corrected chi connectivity index (χ2v) is 5.88. The summed E-state index contributed by atoms with van der Waals surface area (Å²) in [7, 11) is 0. The number of rotatable bonds is 3. The second kappa shape index (κ2) is 6.38. The quantitative estimate of drug-likeness (QED) is 0.829. The van der Waals surface area contributed by atoms with Crippen LogP contribution in [0.1, 0.15) is 39.5 Å².